The lowest BCUT2D eigenvalue weighted by Crippen LogP contribution is -2.44. The van der Waals surface area contributed by atoms with Gasteiger partial charge < -0.3 is 15.5 Å². The summed E-state index contributed by atoms with van der Waals surface area (Å²) in [5, 5.41) is 6.26. The predicted molar refractivity (Wildman–Crippen MR) is 86.4 cm³/mol. The van der Waals surface area contributed by atoms with Gasteiger partial charge in [-0.25, -0.2) is 4.39 Å². The molecule has 0 aromatic heterocycles. The van der Waals surface area contributed by atoms with Crippen molar-refractivity contribution in [1.82, 2.24) is 15.5 Å². The van der Waals surface area contributed by atoms with Crippen LogP contribution in [0.25, 0.3) is 0 Å². The summed E-state index contributed by atoms with van der Waals surface area (Å²) in [7, 11) is 0. The summed E-state index contributed by atoms with van der Waals surface area (Å²) in [5.74, 6) is -0.341. The molecule has 122 valence electrons. The lowest BCUT2D eigenvalue weighted by Gasteiger charge is -2.27. The second-order valence-corrected chi connectivity index (χ2v) is 5.92. The molecule has 1 aromatic rings. The van der Waals surface area contributed by atoms with Crippen LogP contribution < -0.4 is 10.6 Å². The molecule has 2 N–H and O–H groups in total. The van der Waals surface area contributed by atoms with Crippen molar-refractivity contribution < 1.29 is 9.18 Å². The van der Waals surface area contributed by atoms with Crippen LogP contribution >= 0.6 is 0 Å². The summed E-state index contributed by atoms with van der Waals surface area (Å²) in [5.41, 5.74) is 0.610. The molecule has 1 unspecified atom stereocenters. The first kappa shape index (κ1) is 16.9. The third kappa shape index (κ3) is 5.39. The van der Waals surface area contributed by atoms with E-state index in [-0.39, 0.29) is 17.6 Å². The molecule has 1 aliphatic rings. The molecule has 0 radical (unpaired) electrons. The molecule has 22 heavy (non-hydrogen) atoms. The fraction of sp³-hybridized carbons (Fsp3) is 0.588. The van der Waals surface area contributed by atoms with Crippen LogP contribution in [0.4, 0.5) is 4.39 Å². The van der Waals surface area contributed by atoms with E-state index in [9.17, 15) is 9.18 Å². The number of piperazine rings is 1. The number of nitrogens with one attached hydrogen (secondary N) is 2. The maximum atomic E-state index is 13.7. The monoisotopic (exact) mass is 307 g/mol. The summed E-state index contributed by atoms with van der Waals surface area (Å²) in [6.45, 7) is 7.85. The van der Waals surface area contributed by atoms with Crippen molar-refractivity contribution in [2.75, 3.05) is 39.3 Å². The zero-order chi connectivity index (χ0) is 15.8. The highest BCUT2D eigenvalue weighted by atomic mass is 19.1. The van der Waals surface area contributed by atoms with Crippen molar-refractivity contribution in [3.63, 3.8) is 0 Å². The second kappa shape index (κ2) is 8.86. The first-order valence-corrected chi connectivity index (χ1v) is 8.11. The summed E-state index contributed by atoms with van der Waals surface area (Å²) in [4.78, 5) is 14.3. The predicted octanol–water partition coefficient (Wildman–Crippen LogP) is 1.73. The van der Waals surface area contributed by atoms with E-state index >= 15 is 0 Å². The molecular weight excluding hydrogens is 281 g/mol. The van der Waals surface area contributed by atoms with Gasteiger partial charge in [-0.3, -0.25) is 4.79 Å². The quantitative estimate of drug-likeness (QED) is 0.754. The van der Waals surface area contributed by atoms with Crippen LogP contribution in [-0.4, -0.2) is 50.1 Å². The van der Waals surface area contributed by atoms with Crippen LogP contribution in [0.2, 0.25) is 0 Å². The number of benzene rings is 1. The minimum Gasteiger partial charge on any atom is -0.356 e. The zero-order valence-corrected chi connectivity index (χ0v) is 13.3. The molecule has 1 amide bonds. The fourth-order valence-electron chi connectivity index (χ4n) is 2.80. The Labute approximate surface area is 132 Å². The molecule has 2 rings (SSSR count). The highest BCUT2D eigenvalue weighted by Crippen LogP contribution is 2.21. The maximum absolute atomic E-state index is 13.7. The first-order valence-electron chi connectivity index (χ1n) is 8.11. The van der Waals surface area contributed by atoms with E-state index in [0.29, 0.717) is 18.5 Å². The van der Waals surface area contributed by atoms with Gasteiger partial charge in [0.05, 0.1) is 0 Å². The highest BCUT2D eigenvalue weighted by Gasteiger charge is 2.14. The van der Waals surface area contributed by atoms with Crippen molar-refractivity contribution >= 4 is 5.91 Å². The fourth-order valence-corrected chi connectivity index (χ4v) is 2.80. The molecule has 0 bridgehead atoms. The minimum absolute atomic E-state index is 0.00364. The smallest absolute Gasteiger partial charge is 0.220 e. The van der Waals surface area contributed by atoms with Crippen molar-refractivity contribution in [3.8, 4) is 0 Å². The lowest BCUT2D eigenvalue weighted by atomic mass is 9.97. The van der Waals surface area contributed by atoms with Crippen molar-refractivity contribution in [2.45, 2.75) is 25.7 Å². The SMILES string of the molecule is CC(CC(=O)NCCCN1CCNCC1)c1ccccc1F. The summed E-state index contributed by atoms with van der Waals surface area (Å²) in [6.07, 6.45) is 1.29. The van der Waals surface area contributed by atoms with Crippen molar-refractivity contribution in [3.05, 3.63) is 35.6 Å². The molecule has 4 nitrogen and oxygen atoms in total. The number of carbonyl (C=O) groups excluding carboxylic acids is 1. The lowest BCUT2D eigenvalue weighted by molar-refractivity contribution is -0.121. The largest absolute Gasteiger partial charge is 0.356 e. The van der Waals surface area contributed by atoms with Crippen molar-refractivity contribution in [1.29, 1.82) is 0 Å². The summed E-state index contributed by atoms with van der Waals surface area (Å²) >= 11 is 0. The van der Waals surface area contributed by atoms with Gasteiger partial charge in [-0.05, 0) is 30.5 Å². The number of nitrogens with zero attached hydrogens (tertiary/aromatic N) is 1. The van der Waals surface area contributed by atoms with E-state index in [4.69, 9.17) is 0 Å². The van der Waals surface area contributed by atoms with Gasteiger partial charge in [0.1, 0.15) is 5.82 Å². The van der Waals surface area contributed by atoms with Gasteiger partial charge in [-0.15, -0.1) is 0 Å². The van der Waals surface area contributed by atoms with E-state index in [1.165, 1.54) is 6.07 Å². The Morgan fingerprint density at radius 1 is 1.36 bits per heavy atom. The molecular formula is C17H26FN3O. The van der Waals surface area contributed by atoms with Gasteiger partial charge in [-0.2, -0.15) is 0 Å². The third-order valence-electron chi connectivity index (χ3n) is 4.11. The Bertz CT molecular complexity index is 475. The first-order chi connectivity index (χ1) is 10.7. The summed E-state index contributed by atoms with van der Waals surface area (Å²) < 4.78 is 13.7. The minimum atomic E-state index is -0.235. The molecule has 0 spiro atoms. The van der Waals surface area contributed by atoms with Gasteiger partial charge in [0, 0.05) is 39.1 Å². The number of halogens is 1. The number of hydrogen-bond donors (Lipinski definition) is 2. The molecule has 1 saturated heterocycles. The van der Waals surface area contributed by atoms with Crippen LogP contribution in [-0.2, 0) is 4.79 Å². The van der Waals surface area contributed by atoms with E-state index in [2.05, 4.69) is 15.5 Å². The van der Waals surface area contributed by atoms with Crippen molar-refractivity contribution in [2.24, 2.45) is 0 Å². The van der Waals surface area contributed by atoms with Gasteiger partial charge in [-0.1, -0.05) is 25.1 Å². The van der Waals surface area contributed by atoms with Gasteiger partial charge in [0.15, 0.2) is 0 Å². The average molecular weight is 307 g/mol. The van der Waals surface area contributed by atoms with Gasteiger partial charge >= 0.3 is 0 Å². The summed E-state index contributed by atoms with van der Waals surface area (Å²) in [6, 6.07) is 6.66. The Balaban J connectivity index is 1.64. The van der Waals surface area contributed by atoms with Gasteiger partial charge in [0.2, 0.25) is 5.91 Å². The van der Waals surface area contributed by atoms with Crippen LogP contribution in [0.3, 0.4) is 0 Å². The van der Waals surface area contributed by atoms with E-state index in [1.807, 2.05) is 6.92 Å². The number of rotatable bonds is 7. The molecule has 1 atom stereocenters. The van der Waals surface area contributed by atoms with Crippen LogP contribution in [0, 0.1) is 5.82 Å². The third-order valence-corrected chi connectivity index (χ3v) is 4.11. The van der Waals surface area contributed by atoms with Crippen LogP contribution in [0.15, 0.2) is 24.3 Å². The molecule has 1 heterocycles. The molecule has 1 aromatic carbocycles. The Morgan fingerprint density at radius 2 is 2.09 bits per heavy atom. The van der Waals surface area contributed by atoms with E-state index in [1.54, 1.807) is 18.2 Å². The molecule has 0 aliphatic carbocycles. The average Bonchev–Trinajstić information content (AvgIpc) is 2.53. The number of carbonyl (C=O) groups is 1. The maximum Gasteiger partial charge on any atom is 0.220 e. The Kier molecular flexibility index (Phi) is 6.80. The number of amides is 1. The Hall–Kier alpha value is -1.46. The molecule has 1 fully saturated rings. The van der Waals surface area contributed by atoms with E-state index in [0.717, 1.165) is 39.1 Å². The molecule has 0 saturated carbocycles. The Morgan fingerprint density at radius 3 is 2.82 bits per heavy atom. The van der Waals surface area contributed by atoms with Crippen LogP contribution in [0.5, 0.6) is 0 Å². The highest BCUT2D eigenvalue weighted by molar-refractivity contribution is 5.76. The van der Waals surface area contributed by atoms with E-state index < -0.39 is 0 Å². The topological polar surface area (TPSA) is 44.4 Å². The van der Waals surface area contributed by atoms with Gasteiger partial charge in [0.25, 0.3) is 0 Å². The second-order valence-electron chi connectivity index (χ2n) is 5.92. The number of hydrogen-bond acceptors (Lipinski definition) is 3. The zero-order valence-electron chi connectivity index (χ0n) is 13.3. The molecule has 5 heteroatoms. The normalized spacial score (nSPS) is 17.2. The van der Waals surface area contributed by atoms with Crippen LogP contribution in [0.1, 0.15) is 31.2 Å². The standard InChI is InChI=1S/C17H26FN3O/c1-14(15-5-2-3-6-16(15)18)13-17(22)20-7-4-10-21-11-8-19-9-12-21/h2-3,5-6,14,19H,4,7-13H2,1H3,(H,20,22). The molecule has 1 aliphatic heterocycles.